The molecule has 8 nitrogen and oxygen atoms in total. The number of hydrogen-bond donors (Lipinski definition) is 1. The Bertz CT molecular complexity index is 1520. The first kappa shape index (κ1) is 22.7. The van der Waals surface area contributed by atoms with Crippen LogP contribution in [0, 0.1) is 0 Å². The molecule has 188 valence electrons. The van der Waals surface area contributed by atoms with E-state index in [-0.39, 0.29) is 0 Å². The molecule has 37 heavy (non-hydrogen) atoms. The number of aromatic amines is 1. The van der Waals surface area contributed by atoms with Crippen molar-refractivity contribution in [2.45, 2.75) is 6.54 Å². The highest BCUT2D eigenvalue weighted by molar-refractivity contribution is 7.19. The van der Waals surface area contributed by atoms with Gasteiger partial charge in [0.2, 0.25) is 0 Å². The van der Waals surface area contributed by atoms with E-state index in [0.29, 0.717) is 0 Å². The number of fused-ring (bicyclic) bond motifs is 2. The molecule has 0 bridgehead atoms. The van der Waals surface area contributed by atoms with Crippen molar-refractivity contribution in [3.8, 4) is 11.4 Å². The number of nitrogens with one attached hydrogen (secondary N) is 1. The molecule has 2 fully saturated rings. The van der Waals surface area contributed by atoms with Crippen molar-refractivity contribution in [2.75, 3.05) is 62.3 Å². The van der Waals surface area contributed by atoms with Crippen LogP contribution in [0.15, 0.2) is 60.9 Å². The Kier molecular flexibility index (Phi) is 5.96. The second-order valence-electron chi connectivity index (χ2n) is 9.59. The highest BCUT2D eigenvalue weighted by Gasteiger charge is 2.23. The lowest BCUT2D eigenvalue weighted by Gasteiger charge is -2.35. The highest BCUT2D eigenvalue weighted by atomic mass is 32.1. The fraction of sp³-hybridized carbons (Fsp3) is 0.321. The fourth-order valence-electron chi connectivity index (χ4n) is 5.33. The van der Waals surface area contributed by atoms with Crippen molar-refractivity contribution in [1.82, 2.24) is 24.8 Å². The van der Waals surface area contributed by atoms with Crippen molar-refractivity contribution < 1.29 is 4.74 Å². The van der Waals surface area contributed by atoms with Gasteiger partial charge in [0.15, 0.2) is 11.6 Å². The molecule has 2 saturated heterocycles. The number of rotatable bonds is 5. The minimum atomic E-state index is 0.729. The average Bonchev–Trinajstić information content (AvgIpc) is 3.60. The molecule has 6 heterocycles. The summed E-state index contributed by atoms with van der Waals surface area (Å²) < 4.78 is 6.82. The maximum atomic E-state index is 5.64. The molecule has 5 aromatic rings. The predicted octanol–water partition coefficient (Wildman–Crippen LogP) is 4.39. The van der Waals surface area contributed by atoms with Gasteiger partial charge in [0.25, 0.3) is 0 Å². The Hall–Kier alpha value is -3.53. The summed E-state index contributed by atoms with van der Waals surface area (Å²) in [6, 6.07) is 16.8. The molecule has 7 rings (SSSR count). The number of nitrogens with zero attached hydrogens (tertiary/aromatic N) is 6. The van der Waals surface area contributed by atoms with Gasteiger partial charge in [0, 0.05) is 79.6 Å². The van der Waals surface area contributed by atoms with E-state index in [4.69, 9.17) is 14.7 Å². The quantitative estimate of drug-likeness (QED) is 0.375. The Morgan fingerprint density at radius 1 is 0.892 bits per heavy atom. The Labute approximate surface area is 219 Å². The van der Waals surface area contributed by atoms with Gasteiger partial charge in [-0.3, -0.25) is 4.90 Å². The third kappa shape index (κ3) is 4.43. The number of hydrogen-bond acceptors (Lipinski definition) is 8. The van der Waals surface area contributed by atoms with Crippen molar-refractivity contribution in [2.24, 2.45) is 0 Å². The van der Waals surface area contributed by atoms with Gasteiger partial charge in [-0.1, -0.05) is 18.2 Å². The van der Waals surface area contributed by atoms with Gasteiger partial charge >= 0.3 is 0 Å². The van der Waals surface area contributed by atoms with Gasteiger partial charge in [-0.15, -0.1) is 11.3 Å². The van der Waals surface area contributed by atoms with Crippen molar-refractivity contribution in [1.29, 1.82) is 0 Å². The molecule has 0 unspecified atom stereocenters. The zero-order valence-electron chi connectivity index (χ0n) is 20.6. The number of thiophene rings is 1. The Morgan fingerprint density at radius 3 is 2.62 bits per heavy atom. The molecule has 1 N–H and O–H groups in total. The lowest BCUT2D eigenvalue weighted by atomic mass is 10.1. The SMILES string of the molecule is c1ccc(N2CCN(Cc3cc4nc(-c5cccc6[nH]ccc56)nc(N5CCOCC5)c4s3)CC2)nc1. The van der Waals surface area contributed by atoms with Crippen LogP contribution in [0.4, 0.5) is 11.6 Å². The summed E-state index contributed by atoms with van der Waals surface area (Å²) in [7, 11) is 0. The fourth-order valence-corrected chi connectivity index (χ4v) is 6.48. The zero-order chi connectivity index (χ0) is 24.6. The van der Waals surface area contributed by atoms with Crippen LogP contribution in [-0.4, -0.2) is 77.3 Å². The van der Waals surface area contributed by atoms with Gasteiger partial charge in [-0.25, -0.2) is 15.0 Å². The Balaban J connectivity index is 1.19. The normalized spacial score (nSPS) is 17.2. The van der Waals surface area contributed by atoms with E-state index in [2.05, 4.69) is 67.1 Å². The molecule has 2 aliphatic rings. The first-order valence-corrected chi connectivity index (χ1v) is 13.7. The molecule has 0 radical (unpaired) electrons. The molecule has 9 heteroatoms. The number of aromatic nitrogens is 4. The van der Waals surface area contributed by atoms with E-state index < -0.39 is 0 Å². The van der Waals surface area contributed by atoms with Crippen LogP contribution in [-0.2, 0) is 11.3 Å². The molecule has 0 spiro atoms. The van der Waals surface area contributed by atoms with Crippen LogP contribution in [0.25, 0.3) is 32.5 Å². The standard InChI is InChI=1S/C28H29N7OS/c1-2-8-30-25(6-1)34-12-10-33(11-13-34)19-20-18-24-26(37-20)28(35-14-16-36-17-15-35)32-27(31-24)22-4-3-5-23-21(22)7-9-29-23/h1-9,18,29H,10-17,19H2. The van der Waals surface area contributed by atoms with E-state index in [0.717, 1.165) is 98.5 Å². The molecular formula is C28H29N7OS. The maximum absolute atomic E-state index is 5.64. The number of pyridine rings is 1. The maximum Gasteiger partial charge on any atom is 0.162 e. The smallest absolute Gasteiger partial charge is 0.162 e. The van der Waals surface area contributed by atoms with Gasteiger partial charge < -0.3 is 19.5 Å². The number of benzene rings is 1. The largest absolute Gasteiger partial charge is 0.378 e. The highest BCUT2D eigenvalue weighted by Crippen LogP contribution is 2.36. The number of piperazine rings is 1. The monoisotopic (exact) mass is 511 g/mol. The summed E-state index contributed by atoms with van der Waals surface area (Å²) in [5, 5.41) is 1.15. The summed E-state index contributed by atoms with van der Waals surface area (Å²) in [5.74, 6) is 2.89. The summed E-state index contributed by atoms with van der Waals surface area (Å²) in [6.45, 7) is 8.12. The molecule has 0 saturated carbocycles. The molecule has 0 aliphatic carbocycles. The molecule has 4 aromatic heterocycles. The third-order valence-corrected chi connectivity index (χ3v) is 8.38. The summed E-state index contributed by atoms with van der Waals surface area (Å²) in [6.07, 6.45) is 3.85. The van der Waals surface area contributed by atoms with E-state index in [1.807, 2.05) is 29.8 Å². The van der Waals surface area contributed by atoms with Gasteiger partial charge in [-0.05, 0) is 30.3 Å². The second kappa shape index (κ2) is 9.74. The summed E-state index contributed by atoms with van der Waals surface area (Å²) in [5.41, 5.74) is 3.20. The first-order chi connectivity index (χ1) is 18.3. The molecule has 0 amide bonds. The van der Waals surface area contributed by atoms with E-state index in [1.54, 1.807) is 0 Å². The number of ether oxygens (including phenoxy) is 1. The van der Waals surface area contributed by atoms with Crippen LogP contribution in [0.2, 0.25) is 0 Å². The van der Waals surface area contributed by atoms with E-state index in [1.165, 1.54) is 9.58 Å². The van der Waals surface area contributed by atoms with Crippen molar-refractivity contribution in [3.63, 3.8) is 0 Å². The minimum absolute atomic E-state index is 0.729. The zero-order valence-corrected chi connectivity index (χ0v) is 21.5. The van der Waals surface area contributed by atoms with Crippen LogP contribution < -0.4 is 9.80 Å². The molecule has 2 aliphatic heterocycles. The number of anilines is 2. The van der Waals surface area contributed by atoms with Gasteiger partial charge in [0.1, 0.15) is 5.82 Å². The predicted molar refractivity (Wildman–Crippen MR) is 149 cm³/mol. The van der Waals surface area contributed by atoms with Crippen molar-refractivity contribution >= 4 is 44.1 Å². The van der Waals surface area contributed by atoms with Gasteiger partial charge in [0.05, 0.1) is 23.4 Å². The third-order valence-electron chi connectivity index (χ3n) is 7.28. The summed E-state index contributed by atoms with van der Waals surface area (Å²) in [4.78, 5) is 26.7. The molecule has 0 atom stereocenters. The average molecular weight is 512 g/mol. The Morgan fingerprint density at radius 2 is 1.78 bits per heavy atom. The minimum Gasteiger partial charge on any atom is -0.378 e. The first-order valence-electron chi connectivity index (χ1n) is 12.9. The number of morpholine rings is 1. The molecular weight excluding hydrogens is 482 g/mol. The van der Waals surface area contributed by atoms with E-state index >= 15 is 0 Å². The van der Waals surface area contributed by atoms with Crippen LogP contribution in [0.1, 0.15) is 4.88 Å². The number of H-pyrrole nitrogens is 1. The molecule has 1 aromatic carbocycles. The van der Waals surface area contributed by atoms with Crippen LogP contribution in [0.3, 0.4) is 0 Å². The lowest BCUT2D eigenvalue weighted by molar-refractivity contribution is 0.122. The summed E-state index contributed by atoms with van der Waals surface area (Å²) >= 11 is 1.84. The van der Waals surface area contributed by atoms with Gasteiger partial charge in [-0.2, -0.15) is 0 Å². The van der Waals surface area contributed by atoms with Crippen molar-refractivity contribution in [3.05, 3.63) is 65.8 Å². The van der Waals surface area contributed by atoms with Crippen LogP contribution >= 0.6 is 11.3 Å². The van der Waals surface area contributed by atoms with Crippen LogP contribution in [0.5, 0.6) is 0 Å². The topological polar surface area (TPSA) is 73.4 Å². The lowest BCUT2D eigenvalue weighted by Crippen LogP contribution is -2.46. The second-order valence-corrected chi connectivity index (χ2v) is 10.7. The van der Waals surface area contributed by atoms with E-state index in [9.17, 15) is 0 Å².